The SMILES string of the molecule is COc1cc(C#N)ccc1NCc1cccc(F)c1O. The van der Waals surface area contributed by atoms with Crippen molar-refractivity contribution in [2.24, 2.45) is 0 Å². The van der Waals surface area contributed by atoms with Gasteiger partial charge in [-0.15, -0.1) is 0 Å². The van der Waals surface area contributed by atoms with Crippen LogP contribution in [-0.2, 0) is 6.54 Å². The molecule has 102 valence electrons. The van der Waals surface area contributed by atoms with Crippen LogP contribution in [0.5, 0.6) is 11.5 Å². The van der Waals surface area contributed by atoms with Gasteiger partial charge in [0.15, 0.2) is 11.6 Å². The molecule has 2 N–H and O–H groups in total. The zero-order valence-electron chi connectivity index (χ0n) is 10.9. The number of ether oxygens (including phenoxy) is 1. The third-order valence-corrected chi connectivity index (χ3v) is 2.87. The normalized spacial score (nSPS) is 9.85. The molecule has 5 heteroatoms. The van der Waals surface area contributed by atoms with Gasteiger partial charge in [0, 0.05) is 18.2 Å². The molecule has 2 aromatic carbocycles. The summed E-state index contributed by atoms with van der Waals surface area (Å²) in [6.45, 7) is 0.242. The number of anilines is 1. The van der Waals surface area contributed by atoms with E-state index in [1.54, 1.807) is 24.3 Å². The molecule has 0 heterocycles. The molecule has 0 bridgehead atoms. The minimum atomic E-state index is -0.656. The van der Waals surface area contributed by atoms with Crippen molar-refractivity contribution in [2.45, 2.75) is 6.54 Å². The first-order valence-corrected chi connectivity index (χ1v) is 5.94. The Kier molecular flexibility index (Phi) is 4.06. The van der Waals surface area contributed by atoms with Gasteiger partial charge in [-0.2, -0.15) is 5.26 Å². The van der Waals surface area contributed by atoms with Crippen molar-refractivity contribution in [2.75, 3.05) is 12.4 Å². The molecule has 0 aliphatic heterocycles. The van der Waals surface area contributed by atoms with Crippen molar-refractivity contribution in [1.29, 1.82) is 5.26 Å². The van der Waals surface area contributed by atoms with Gasteiger partial charge in [0.2, 0.25) is 0 Å². The van der Waals surface area contributed by atoms with Gasteiger partial charge < -0.3 is 15.2 Å². The lowest BCUT2D eigenvalue weighted by atomic mass is 10.1. The fraction of sp³-hybridized carbons (Fsp3) is 0.133. The maximum absolute atomic E-state index is 13.2. The second-order valence-electron chi connectivity index (χ2n) is 4.13. The summed E-state index contributed by atoms with van der Waals surface area (Å²) in [5.74, 6) is -0.511. The van der Waals surface area contributed by atoms with Gasteiger partial charge in [-0.25, -0.2) is 4.39 Å². The molecule has 0 saturated carbocycles. The molecule has 2 aromatic rings. The van der Waals surface area contributed by atoms with Crippen LogP contribution in [0, 0.1) is 17.1 Å². The van der Waals surface area contributed by atoms with Crippen LogP contribution in [0.4, 0.5) is 10.1 Å². The Labute approximate surface area is 116 Å². The Hall–Kier alpha value is -2.74. The Balaban J connectivity index is 2.19. The first-order valence-electron chi connectivity index (χ1n) is 5.94. The Bertz CT molecular complexity index is 665. The van der Waals surface area contributed by atoms with Crippen molar-refractivity contribution in [3.8, 4) is 17.6 Å². The van der Waals surface area contributed by atoms with Crippen LogP contribution in [0.25, 0.3) is 0 Å². The van der Waals surface area contributed by atoms with Crippen LogP contribution in [0.2, 0.25) is 0 Å². The number of hydrogen-bond acceptors (Lipinski definition) is 4. The van der Waals surface area contributed by atoms with Crippen molar-refractivity contribution < 1.29 is 14.2 Å². The highest BCUT2D eigenvalue weighted by Crippen LogP contribution is 2.27. The fourth-order valence-corrected chi connectivity index (χ4v) is 1.80. The molecule has 0 aliphatic carbocycles. The van der Waals surface area contributed by atoms with E-state index in [0.717, 1.165) is 0 Å². The van der Waals surface area contributed by atoms with Gasteiger partial charge in [0.05, 0.1) is 24.4 Å². The summed E-state index contributed by atoms with van der Waals surface area (Å²) in [6.07, 6.45) is 0. The molecular weight excluding hydrogens is 259 g/mol. The van der Waals surface area contributed by atoms with Crippen molar-refractivity contribution in [1.82, 2.24) is 0 Å². The van der Waals surface area contributed by atoms with Gasteiger partial charge in [-0.1, -0.05) is 12.1 Å². The highest BCUT2D eigenvalue weighted by Gasteiger charge is 2.08. The molecule has 4 nitrogen and oxygen atoms in total. The lowest BCUT2D eigenvalue weighted by Gasteiger charge is -2.12. The summed E-state index contributed by atoms with van der Waals surface area (Å²) >= 11 is 0. The van der Waals surface area contributed by atoms with E-state index < -0.39 is 5.82 Å². The Morgan fingerprint density at radius 2 is 2.15 bits per heavy atom. The minimum Gasteiger partial charge on any atom is -0.505 e. The predicted octanol–water partition coefficient (Wildman–Crippen LogP) is 3.02. The van der Waals surface area contributed by atoms with Crippen LogP contribution < -0.4 is 10.1 Å². The molecular formula is C15H13FN2O2. The second-order valence-corrected chi connectivity index (χ2v) is 4.13. The third-order valence-electron chi connectivity index (χ3n) is 2.87. The standard InChI is InChI=1S/C15H13FN2O2/c1-20-14-7-10(8-17)5-6-13(14)18-9-11-3-2-4-12(16)15(11)19/h2-7,18-19H,9H2,1H3. The van der Waals surface area contributed by atoms with Gasteiger partial charge >= 0.3 is 0 Å². The van der Waals surface area contributed by atoms with Gasteiger partial charge in [-0.3, -0.25) is 0 Å². The van der Waals surface area contributed by atoms with E-state index in [0.29, 0.717) is 22.6 Å². The molecule has 0 radical (unpaired) electrons. The smallest absolute Gasteiger partial charge is 0.165 e. The van der Waals surface area contributed by atoms with Crippen molar-refractivity contribution in [3.63, 3.8) is 0 Å². The maximum atomic E-state index is 13.2. The topological polar surface area (TPSA) is 65.3 Å². The molecule has 0 amide bonds. The van der Waals surface area contributed by atoms with Crippen LogP contribution in [0.3, 0.4) is 0 Å². The summed E-state index contributed by atoms with van der Waals surface area (Å²) < 4.78 is 18.4. The number of methoxy groups -OCH3 is 1. The van der Waals surface area contributed by atoms with Crippen LogP contribution in [-0.4, -0.2) is 12.2 Å². The molecule has 0 fully saturated rings. The van der Waals surface area contributed by atoms with Crippen LogP contribution in [0.15, 0.2) is 36.4 Å². The van der Waals surface area contributed by atoms with Gasteiger partial charge in [-0.05, 0) is 18.2 Å². The Morgan fingerprint density at radius 1 is 1.35 bits per heavy atom. The molecule has 0 saturated heterocycles. The fourth-order valence-electron chi connectivity index (χ4n) is 1.80. The lowest BCUT2D eigenvalue weighted by Crippen LogP contribution is -2.02. The number of nitrogens with one attached hydrogen (secondary N) is 1. The highest BCUT2D eigenvalue weighted by atomic mass is 19.1. The summed E-state index contributed by atoms with van der Waals surface area (Å²) in [7, 11) is 1.50. The van der Waals surface area contributed by atoms with E-state index in [1.165, 1.54) is 19.2 Å². The lowest BCUT2D eigenvalue weighted by molar-refractivity contribution is 0.416. The van der Waals surface area contributed by atoms with Gasteiger partial charge in [0.25, 0.3) is 0 Å². The summed E-state index contributed by atoms with van der Waals surface area (Å²) in [5.41, 5.74) is 1.59. The van der Waals surface area contributed by atoms with E-state index in [-0.39, 0.29) is 12.3 Å². The predicted molar refractivity (Wildman–Crippen MR) is 73.1 cm³/mol. The quantitative estimate of drug-likeness (QED) is 0.898. The number of hydrogen-bond donors (Lipinski definition) is 2. The average molecular weight is 272 g/mol. The third kappa shape index (κ3) is 2.81. The number of nitriles is 1. The summed E-state index contributed by atoms with van der Waals surface area (Å²) in [6, 6.07) is 11.3. The van der Waals surface area contributed by atoms with Crippen molar-refractivity contribution >= 4 is 5.69 Å². The Morgan fingerprint density at radius 3 is 2.85 bits per heavy atom. The van der Waals surface area contributed by atoms with Crippen molar-refractivity contribution in [3.05, 3.63) is 53.3 Å². The number of benzene rings is 2. The summed E-state index contributed by atoms with van der Waals surface area (Å²) in [5, 5.41) is 21.5. The first kappa shape index (κ1) is 13.7. The first-order chi connectivity index (χ1) is 9.65. The molecule has 0 atom stereocenters. The zero-order valence-corrected chi connectivity index (χ0v) is 10.9. The number of halogens is 1. The molecule has 0 aliphatic rings. The number of phenols is 1. The number of para-hydroxylation sites is 1. The van der Waals surface area contributed by atoms with Crippen LogP contribution >= 0.6 is 0 Å². The maximum Gasteiger partial charge on any atom is 0.165 e. The second kappa shape index (κ2) is 5.93. The van der Waals surface area contributed by atoms with E-state index >= 15 is 0 Å². The molecule has 0 unspecified atom stereocenters. The average Bonchev–Trinajstić information content (AvgIpc) is 2.48. The summed E-state index contributed by atoms with van der Waals surface area (Å²) in [4.78, 5) is 0. The number of nitrogens with zero attached hydrogens (tertiary/aromatic N) is 1. The van der Waals surface area contributed by atoms with E-state index in [4.69, 9.17) is 10.00 Å². The van der Waals surface area contributed by atoms with Crippen LogP contribution in [0.1, 0.15) is 11.1 Å². The highest BCUT2D eigenvalue weighted by molar-refractivity contribution is 5.59. The van der Waals surface area contributed by atoms with E-state index in [2.05, 4.69) is 5.32 Å². The monoisotopic (exact) mass is 272 g/mol. The minimum absolute atomic E-state index is 0.242. The molecule has 2 rings (SSSR count). The molecule has 0 aromatic heterocycles. The van der Waals surface area contributed by atoms with Gasteiger partial charge in [0.1, 0.15) is 5.75 Å². The number of aromatic hydroxyl groups is 1. The molecule has 0 spiro atoms. The zero-order chi connectivity index (χ0) is 14.5. The molecule has 20 heavy (non-hydrogen) atoms. The number of phenolic OH excluding ortho intramolecular Hbond substituents is 1. The largest absolute Gasteiger partial charge is 0.505 e. The van der Waals surface area contributed by atoms with E-state index in [9.17, 15) is 9.50 Å². The van der Waals surface area contributed by atoms with E-state index in [1.807, 2.05) is 6.07 Å². The number of rotatable bonds is 4.